The molecular formula is C11H12ClFO2. The zero-order valence-corrected chi connectivity index (χ0v) is 9.18. The second-order valence-electron chi connectivity index (χ2n) is 3.12. The van der Waals surface area contributed by atoms with Crippen molar-refractivity contribution < 1.29 is 13.9 Å². The first-order valence-corrected chi connectivity index (χ1v) is 5.15. The second kappa shape index (κ2) is 5.71. The van der Waals surface area contributed by atoms with Gasteiger partial charge in [0.25, 0.3) is 5.24 Å². The van der Waals surface area contributed by atoms with Crippen LogP contribution in [-0.2, 0) is 0 Å². The number of ether oxygens (including phenoxy) is 1. The summed E-state index contributed by atoms with van der Waals surface area (Å²) >= 11 is 5.21. The number of carbonyl (C=O) groups is 1. The molecule has 0 amide bonds. The zero-order valence-electron chi connectivity index (χ0n) is 8.43. The molecule has 1 rings (SSSR count). The van der Waals surface area contributed by atoms with Crippen LogP contribution in [0, 0.1) is 5.82 Å². The molecule has 0 fully saturated rings. The monoisotopic (exact) mass is 230 g/mol. The molecule has 2 nitrogen and oxygen atoms in total. The molecule has 0 unspecified atom stereocenters. The van der Waals surface area contributed by atoms with E-state index in [1.54, 1.807) is 0 Å². The maximum absolute atomic E-state index is 13.3. The maximum Gasteiger partial charge on any atom is 0.252 e. The van der Waals surface area contributed by atoms with Crippen LogP contribution in [0.2, 0.25) is 0 Å². The highest BCUT2D eigenvalue weighted by atomic mass is 35.5. The van der Waals surface area contributed by atoms with E-state index < -0.39 is 11.1 Å². The Bertz CT molecular complexity index is 352. The lowest BCUT2D eigenvalue weighted by Crippen LogP contribution is -2.00. The van der Waals surface area contributed by atoms with Gasteiger partial charge < -0.3 is 4.74 Å². The summed E-state index contributed by atoms with van der Waals surface area (Å²) in [5, 5.41) is -0.672. The van der Waals surface area contributed by atoms with Crippen molar-refractivity contribution >= 4 is 16.8 Å². The summed E-state index contributed by atoms with van der Waals surface area (Å²) < 4.78 is 18.5. The summed E-state index contributed by atoms with van der Waals surface area (Å²) in [5.74, 6) is -0.400. The predicted octanol–water partition coefficient (Wildman–Crippen LogP) is 3.38. The van der Waals surface area contributed by atoms with Gasteiger partial charge in [0.05, 0.1) is 6.61 Å². The topological polar surface area (TPSA) is 26.3 Å². The summed E-state index contributed by atoms with van der Waals surface area (Å²) in [6, 6.07) is 3.94. The molecule has 0 bridgehead atoms. The number of rotatable bonds is 5. The molecule has 0 aliphatic carbocycles. The van der Waals surface area contributed by atoms with E-state index in [4.69, 9.17) is 16.3 Å². The Morgan fingerprint density at radius 3 is 2.80 bits per heavy atom. The largest absolute Gasteiger partial charge is 0.491 e. The Labute approximate surface area is 93.0 Å². The summed E-state index contributed by atoms with van der Waals surface area (Å²) in [5.41, 5.74) is 0.136. The number of benzene rings is 1. The van der Waals surface area contributed by atoms with Gasteiger partial charge in [0.1, 0.15) is 0 Å². The Morgan fingerprint density at radius 2 is 2.27 bits per heavy atom. The minimum Gasteiger partial charge on any atom is -0.491 e. The predicted molar refractivity (Wildman–Crippen MR) is 57.0 cm³/mol. The third kappa shape index (κ3) is 3.51. The van der Waals surface area contributed by atoms with Crippen LogP contribution in [0.25, 0.3) is 0 Å². The van der Waals surface area contributed by atoms with Gasteiger partial charge >= 0.3 is 0 Å². The second-order valence-corrected chi connectivity index (χ2v) is 3.46. The van der Waals surface area contributed by atoms with E-state index in [1.165, 1.54) is 12.1 Å². The summed E-state index contributed by atoms with van der Waals surface area (Å²) in [4.78, 5) is 10.7. The first-order chi connectivity index (χ1) is 7.15. The van der Waals surface area contributed by atoms with Gasteiger partial charge in [-0.15, -0.1) is 0 Å². The van der Waals surface area contributed by atoms with Crippen LogP contribution in [-0.4, -0.2) is 11.8 Å². The molecule has 0 radical (unpaired) electrons. The van der Waals surface area contributed by atoms with Crippen LogP contribution >= 0.6 is 11.6 Å². The smallest absolute Gasteiger partial charge is 0.252 e. The van der Waals surface area contributed by atoms with Crippen molar-refractivity contribution in [1.29, 1.82) is 0 Å². The first-order valence-electron chi connectivity index (χ1n) is 4.77. The van der Waals surface area contributed by atoms with Crippen molar-refractivity contribution in [3.63, 3.8) is 0 Å². The van der Waals surface area contributed by atoms with E-state index in [9.17, 15) is 9.18 Å². The maximum atomic E-state index is 13.3. The van der Waals surface area contributed by atoms with E-state index in [1.807, 2.05) is 6.92 Å². The van der Waals surface area contributed by atoms with Crippen LogP contribution in [0.15, 0.2) is 18.2 Å². The normalized spacial score (nSPS) is 10.1. The highest BCUT2D eigenvalue weighted by Gasteiger charge is 2.08. The van der Waals surface area contributed by atoms with Gasteiger partial charge in [0, 0.05) is 5.56 Å². The minimum absolute atomic E-state index is 0.136. The molecule has 82 valence electrons. The average Bonchev–Trinajstić information content (AvgIpc) is 2.20. The Hall–Kier alpha value is -1.09. The van der Waals surface area contributed by atoms with Crippen LogP contribution in [0.5, 0.6) is 5.75 Å². The molecule has 0 heterocycles. The molecule has 4 heteroatoms. The van der Waals surface area contributed by atoms with Crippen molar-refractivity contribution in [1.82, 2.24) is 0 Å². The van der Waals surface area contributed by atoms with Gasteiger partial charge in [0.2, 0.25) is 0 Å². The fourth-order valence-electron chi connectivity index (χ4n) is 1.07. The van der Waals surface area contributed by atoms with E-state index in [2.05, 4.69) is 0 Å². The Kier molecular flexibility index (Phi) is 4.56. The zero-order chi connectivity index (χ0) is 11.3. The van der Waals surface area contributed by atoms with Gasteiger partial charge in [-0.1, -0.05) is 13.3 Å². The molecule has 1 aromatic carbocycles. The van der Waals surface area contributed by atoms with Gasteiger partial charge in [-0.05, 0) is 36.2 Å². The van der Waals surface area contributed by atoms with Crippen molar-refractivity contribution in [3.8, 4) is 5.75 Å². The quantitative estimate of drug-likeness (QED) is 0.573. The van der Waals surface area contributed by atoms with Crippen molar-refractivity contribution in [2.75, 3.05) is 6.61 Å². The lowest BCUT2D eigenvalue weighted by atomic mass is 10.2. The van der Waals surface area contributed by atoms with Crippen LogP contribution in [0.4, 0.5) is 4.39 Å². The Balaban J connectivity index is 2.70. The first kappa shape index (κ1) is 12.0. The molecule has 0 saturated heterocycles. The molecule has 1 aromatic rings. The average molecular weight is 231 g/mol. The molecule has 15 heavy (non-hydrogen) atoms. The third-order valence-corrected chi connectivity index (χ3v) is 2.13. The van der Waals surface area contributed by atoms with E-state index in [0.29, 0.717) is 6.61 Å². The fourth-order valence-corrected chi connectivity index (χ4v) is 1.18. The van der Waals surface area contributed by atoms with E-state index in [0.717, 1.165) is 18.9 Å². The molecule has 0 spiro atoms. The minimum atomic E-state index is -0.672. The number of hydrogen-bond acceptors (Lipinski definition) is 2. The number of hydrogen-bond donors (Lipinski definition) is 0. The summed E-state index contributed by atoms with van der Waals surface area (Å²) in [6.45, 7) is 2.50. The highest BCUT2D eigenvalue weighted by Crippen LogP contribution is 2.19. The molecule has 0 aliphatic heterocycles. The number of unbranched alkanes of at least 4 members (excludes halogenated alkanes) is 1. The molecule has 0 aliphatic rings. The van der Waals surface area contributed by atoms with Gasteiger partial charge in [-0.25, -0.2) is 4.39 Å². The number of halogens is 2. The standard InChI is InChI=1S/C11H12ClFO2/c1-2-3-6-15-10-5-4-8(11(12)14)7-9(10)13/h4-5,7H,2-3,6H2,1H3. The van der Waals surface area contributed by atoms with Crippen molar-refractivity contribution in [2.24, 2.45) is 0 Å². The van der Waals surface area contributed by atoms with E-state index in [-0.39, 0.29) is 11.3 Å². The summed E-state index contributed by atoms with van der Waals surface area (Å²) in [6.07, 6.45) is 1.86. The lowest BCUT2D eigenvalue weighted by molar-refractivity contribution is 0.108. The SMILES string of the molecule is CCCCOc1ccc(C(=O)Cl)cc1F. The highest BCUT2D eigenvalue weighted by molar-refractivity contribution is 6.67. The third-order valence-electron chi connectivity index (χ3n) is 1.91. The molecule has 0 saturated carbocycles. The Morgan fingerprint density at radius 1 is 1.53 bits per heavy atom. The van der Waals surface area contributed by atoms with Crippen molar-refractivity contribution in [2.45, 2.75) is 19.8 Å². The number of carbonyl (C=O) groups excluding carboxylic acids is 1. The van der Waals surface area contributed by atoms with Crippen LogP contribution in [0.1, 0.15) is 30.1 Å². The summed E-state index contributed by atoms with van der Waals surface area (Å²) in [7, 11) is 0. The molecule has 0 N–H and O–H groups in total. The van der Waals surface area contributed by atoms with Gasteiger partial charge in [-0.2, -0.15) is 0 Å². The lowest BCUT2D eigenvalue weighted by Gasteiger charge is -2.06. The molecule has 0 atom stereocenters. The van der Waals surface area contributed by atoms with Gasteiger partial charge in [-0.3, -0.25) is 4.79 Å². The van der Waals surface area contributed by atoms with Gasteiger partial charge in [0.15, 0.2) is 11.6 Å². The van der Waals surface area contributed by atoms with Crippen molar-refractivity contribution in [3.05, 3.63) is 29.6 Å². The molecular weight excluding hydrogens is 219 g/mol. The van der Waals surface area contributed by atoms with Crippen LogP contribution in [0.3, 0.4) is 0 Å². The van der Waals surface area contributed by atoms with Crippen LogP contribution < -0.4 is 4.74 Å². The van der Waals surface area contributed by atoms with E-state index >= 15 is 0 Å². The molecule has 0 aromatic heterocycles. The fraction of sp³-hybridized carbons (Fsp3) is 0.364.